The Hall–Kier alpha value is -1.26. The summed E-state index contributed by atoms with van der Waals surface area (Å²) in [6, 6.07) is 6.21. The highest BCUT2D eigenvalue weighted by Crippen LogP contribution is 2.30. The smallest absolute Gasteiger partial charge is 0.222 e. The number of ether oxygens (including phenoxy) is 1. The Bertz CT molecular complexity index is 499. The second-order valence-electron chi connectivity index (χ2n) is 5.34. The summed E-state index contributed by atoms with van der Waals surface area (Å²) in [7, 11) is 1.62. The Morgan fingerprint density at radius 3 is 2.52 bits per heavy atom. The molecule has 1 aliphatic rings. The maximum Gasteiger partial charge on any atom is 0.222 e. The van der Waals surface area contributed by atoms with Crippen molar-refractivity contribution in [2.45, 2.75) is 26.3 Å². The standard InChI is InChI=1S/C16H23ClN2O2/c1-4-16(20)19-9-7-18(8-10-19)12(2)13-5-6-15(21-3)14(17)11-13/h5-6,11-12H,4,7-10H2,1-3H3. The fourth-order valence-electron chi connectivity index (χ4n) is 2.74. The van der Waals surface area contributed by atoms with Crippen molar-refractivity contribution in [3.63, 3.8) is 0 Å². The molecule has 116 valence electrons. The molecule has 21 heavy (non-hydrogen) atoms. The van der Waals surface area contributed by atoms with Gasteiger partial charge in [-0.25, -0.2) is 0 Å². The van der Waals surface area contributed by atoms with Crippen LogP contribution in [0.4, 0.5) is 0 Å². The van der Waals surface area contributed by atoms with E-state index in [1.54, 1.807) is 7.11 Å². The zero-order chi connectivity index (χ0) is 15.4. The van der Waals surface area contributed by atoms with Gasteiger partial charge in [0.2, 0.25) is 5.91 Å². The van der Waals surface area contributed by atoms with E-state index in [1.165, 1.54) is 5.56 Å². The third-order valence-electron chi connectivity index (χ3n) is 4.18. The number of carbonyl (C=O) groups is 1. The first kappa shape index (κ1) is 16.1. The van der Waals surface area contributed by atoms with Crippen molar-refractivity contribution >= 4 is 17.5 Å². The van der Waals surface area contributed by atoms with Crippen LogP contribution in [-0.2, 0) is 4.79 Å². The molecule has 1 heterocycles. The fourth-order valence-corrected chi connectivity index (χ4v) is 3.00. The van der Waals surface area contributed by atoms with Gasteiger partial charge < -0.3 is 9.64 Å². The summed E-state index contributed by atoms with van der Waals surface area (Å²) in [6.45, 7) is 7.50. The number of benzene rings is 1. The highest BCUT2D eigenvalue weighted by molar-refractivity contribution is 6.32. The molecular weight excluding hydrogens is 288 g/mol. The molecule has 0 spiro atoms. The van der Waals surface area contributed by atoms with Crippen LogP contribution in [-0.4, -0.2) is 49.0 Å². The number of halogens is 1. The van der Waals surface area contributed by atoms with Gasteiger partial charge in [0.15, 0.2) is 0 Å². The minimum atomic E-state index is 0.245. The van der Waals surface area contributed by atoms with Crippen molar-refractivity contribution in [1.29, 1.82) is 0 Å². The number of nitrogens with zero attached hydrogens (tertiary/aromatic N) is 2. The quantitative estimate of drug-likeness (QED) is 0.857. The van der Waals surface area contributed by atoms with Gasteiger partial charge in [-0.3, -0.25) is 9.69 Å². The molecule has 0 bridgehead atoms. The second kappa shape index (κ2) is 7.14. The van der Waals surface area contributed by atoms with E-state index in [0.29, 0.717) is 17.2 Å². The summed E-state index contributed by atoms with van der Waals surface area (Å²) in [5, 5.41) is 0.640. The minimum Gasteiger partial charge on any atom is -0.495 e. The molecule has 1 saturated heterocycles. The van der Waals surface area contributed by atoms with Gasteiger partial charge in [0.1, 0.15) is 5.75 Å². The van der Waals surface area contributed by atoms with Crippen molar-refractivity contribution in [2.24, 2.45) is 0 Å². The molecule has 0 aromatic heterocycles. The maximum atomic E-state index is 11.7. The van der Waals surface area contributed by atoms with Crippen LogP contribution in [0.15, 0.2) is 18.2 Å². The van der Waals surface area contributed by atoms with Crippen molar-refractivity contribution < 1.29 is 9.53 Å². The molecule has 1 unspecified atom stereocenters. The summed E-state index contributed by atoms with van der Waals surface area (Å²) < 4.78 is 5.19. The zero-order valence-electron chi connectivity index (χ0n) is 12.9. The molecule has 1 atom stereocenters. The van der Waals surface area contributed by atoms with Crippen LogP contribution < -0.4 is 4.74 Å². The van der Waals surface area contributed by atoms with E-state index >= 15 is 0 Å². The molecule has 0 radical (unpaired) electrons. The van der Waals surface area contributed by atoms with Crippen molar-refractivity contribution in [3.05, 3.63) is 28.8 Å². The Kier molecular flexibility index (Phi) is 5.48. The Morgan fingerprint density at radius 2 is 2.00 bits per heavy atom. The van der Waals surface area contributed by atoms with E-state index < -0.39 is 0 Å². The average Bonchev–Trinajstić information content (AvgIpc) is 2.53. The topological polar surface area (TPSA) is 32.8 Å². The number of amides is 1. The Balaban J connectivity index is 2.00. The molecule has 5 heteroatoms. The number of carbonyl (C=O) groups excluding carboxylic acids is 1. The summed E-state index contributed by atoms with van der Waals surface area (Å²) in [4.78, 5) is 16.0. The van der Waals surface area contributed by atoms with E-state index in [2.05, 4.69) is 17.9 Å². The highest BCUT2D eigenvalue weighted by atomic mass is 35.5. The fraction of sp³-hybridized carbons (Fsp3) is 0.562. The first-order valence-electron chi connectivity index (χ1n) is 7.42. The molecule has 0 saturated carbocycles. The molecule has 1 aromatic rings. The molecular formula is C16H23ClN2O2. The van der Waals surface area contributed by atoms with E-state index in [0.717, 1.165) is 26.2 Å². The van der Waals surface area contributed by atoms with Gasteiger partial charge >= 0.3 is 0 Å². The molecule has 1 aliphatic heterocycles. The van der Waals surface area contributed by atoms with Gasteiger partial charge in [0, 0.05) is 38.6 Å². The largest absolute Gasteiger partial charge is 0.495 e. The van der Waals surface area contributed by atoms with E-state index in [1.807, 2.05) is 24.0 Å². The molecule has 0 aliphatic carbocycles. The monoisotopic (exact) mass is 310 g/mol. The maximum absolute atomic E-state index is 11.7. The van der Waals surface area contributed by atoms with E-state index in [4.69, 9.17) is 16.3 Å². The summed E-state index contributed by atoms with van der Waals surface area (Å²) in [6.07, 6.45) is 0.587. The number of rotatable bonds is 4. The van der Waals surface area contributed by atoms with Gasteiger partial charge in [-0.15, -0.1) is 0 Å². The van der Waals surface area contributed by atoms with Crippen molar-refractivity contribution in [1.82, 2.24) is 9.80 Å². The molecule has 0 N–H and O–H groups in total. The third kappa shape index (κ3) is 3.69. The first-order chi connectivity index (χ1) is 10.1. The number of hydrogen-bond acceptors (Lipinski definition) is 3. The highest BCUT2D eigenvalue weighted by Gasteiger charge is 2.24. The average molecular weight is 311 g/mol. The normalized spacial score (nSPS) is 17.6. The third-order valence-corrected chi connectivity index (χ3v) is 4.47. The van der Waals surface area contributed by atoms with Gasteiger partial charge in [-0.1, -0.05) is 24.6 Å². The number of piperazine rings is 1. The van der Waals surface area contributed by atoms with Gasteiger partial charge in [0.25, 0.3) is 0 Å². The van der Waals surface area contributed by atoms with Gasteiger partial charge in [-0.05, 0) is 24.6 Å². The van der Waals surface area contributed by atoms with Crippen LogP contribution in [0.1, 0.15) is 31.9 Å². The van der Waals surface area contributed by atoms with Gasteiger partial charge in [-0.2, -0.15) is 0 Å². The second-order valence-corrected chi connectivity index (χ2v) is 5.75. The lowest BCUT2D eigenvalue weighted by molar-refractivity contribution is -0.132. The molecule has 2 rings (SSSR count). The summed E-state index contributed by atoms with van der Waals surface area (Å²) in [5.41, 5.74) is 1.18. The SMILES string of the molecule is CCC(=O)N1CCN(C(C)c2ccc(OC)c(Cl)c2)CC1. The van der Waals surface area contributed by atoms with Crippen LogP contribution in [0.25, 0.3) is 0 Å². The summed E-state index contributed by atoms with van der Waals surface area (Å²) in [5.74, 6) is 0.945. The van der Waals surface area contributed by atoms with E-state index in [-0.39, 0.29) is 11.9 Å². The molecule has 1 aromatic carbocycles. The summed E-state index contributed by atoms with van der Waals surface area (Å²) >= 11 is 6.20. The lowest BCUT2D eigenvalue weighted by Gasteiger charge is -2.38. The number of methoxy groups -OCH3 is 1. The van der Waals surface area contributed by atoms with Gasteiger partial charge in [0.05, 0.1) is 12.1 Å². The zero-order valence-corrected chi connectivity index (χ0v) is 13.7. The van der Waals surface area contributed by atoms with Crippen LogP contribution in [0, 0.1) is 0 Å². The number of hydrogen-bond donors (Lipinski definition) is 0. The minimum absolute atomic E-state index is 0.245. The van der Waals surface area contributed by atoms with Crippen molar-refractivity contribution in [3.8, 4) is 5.75 Å². The van der Waals surface area contributed by atoms with Crippen molar-refractivity contribution in [2.75, 3.05) is 33.3 Å². The molecule has 4 nitrogen and oxygen atoms in total. The lowest BCUT2D eigenvalue weighted by atomic mass is 10.1. The Labute approximate surface area is 131 Å². The van der Waals surface area contributed by atoms with Crippen LogP contribution in [0.5, 0.6) is 5.75 Å². The van der Waals surface area contributed by atoms with Crippen LogP contribution >= 0.6 is 11.6 Å². The first-order valence-corrected chi connectivity index (χ1v) is 7.79. The molecule has 1 fully saturated rings. The van der Waals surface area contributed by atoms with E-state index in [9.17, 15) is 4.79 Å². The Morgan fingerprint density at radius 1 is 1.33 bits per heavy atom. The molecule has 1 amide bonds. The lowest BCUT2D eigenvalue weighted by Crippen LogP contribution is -2.49. The predicted octanol–water partition coefficient (Wildman–Crippen LogP) is 2.96. The predicted molar refractivity (Wildman–Crippen MR) is 84.9 cm³/mol. The van der Waals surface area contributed by atoms with Crippen LogP contribution in [0.3, 0.4) is 0 Å². The van der Waals surface area contributed by atoms with Crippen LogP contribution in [0.2, 0.25) is 5.02 Å².